The molecule has 0 aliphatic carbocycles. The number of anilines is 1. The molecule has 5 nitrogen and oxygen atoms in total. The maximum atomic E-state index is 10.5. The van der Waals surface area contributed by atoms with Gasteiger partial charge in [-0.3, -0.25) is 4.98 Å². The molecule has 6 heteroatoms. The van der Waals surface area contributed by atoms with Crippen LogP contribution in [0.25, 0.3) is 0 Å². The van der Waals surface area contributed by atoms with Crippen molar-refractivity contribution in [3.63, 3.8) is 0 Å². The topological polar surface area (TPSA) is 77.6 Å². The van der Waals surface area contributed by atoms with E-state index in [0.29, 0.717) is 29.2 Å². The van der Waals surface area contributed by atoms with Gasteiger partial charge in [-0.25, -0.2) is 0 Å². The minimum absolute atomic E-state index is 0.369. The van der Waals surface area contributed by atoms with Gasteiger partial charge in [0.1, 0.15) is 0 Å². The van der Waals surface area contributed by atoms with Crippen molar-refractivity contribution in [3.8, 4) is 11.5 Å². The first kappa shape index (κ1) is 15.6. The third-order valence-corrected chi connectivity index (χ3v) is 3.90. The highest BCUT2D eigenvalue weighted by Crippen LogP contribution is 2.37. The van der Waals surface area contributed by atoms with Gasteiger partial charge in [0, 0.05) is 29.0 Å². The SMILES string of the molecule is COc1cc(Br)c(C(O)Cc2cnccc2N)cc1OC. The summed E-state index contributed by atoms with van der Waals surface area (Å²) in [5, 5.41) is 10.5. The largest absolute Gasteiger partial charge is 0.493 e. The molecule has 1 unspecified atom stereocenters. The number of nitrogens with two attached hydrogens (primary N) is 1. The van der Waals surface area contributed by atoms with Crippen molar-refractivity contribution < 1.29 is 14.6 Å². The van der Waals surface area contributed by atoms with Gasteiger partial charge in [-0.1, -0.05) is 15.9 Å². The van der Waals surface area contributed by atoms with Crippen LogP contribution in [-0.2, 0) is 6.42 Å². The predicted octanol–water partition coefficient (Wildman–Crippen LogP) is 2.72. The molecule has 0 aliphatic rings. The van der Waals surface area contributed by atoms with Crippen LogP contribution in [0.15, 0.2) is 35.1 Å². The van der Waals surface area contributed by atoms with Crippen molar-refractivity contribution in [3.05, 3.63) is 46.2 Å². The first-order valence-corrected chi connectivity index (χ1v) is 7.14. The van der Waals surface area contributed by atoms with Gasteiger partial charge in [-0.2, -0.15) is 0 Å². The lowest BCUT2D eigenvalue weighted by Crippen LogP contribution is -2.06. The normalized spacial score (nSPS) is 12.0. The van der Waals surface area contributed by atoms with E-state index in [2.05, 4.69) is 20.9 Å². The summed E-state index contributed by atoms with van der Waals surface area (Å²) >= 11 is 3.44. The lowest BCUT2D eigenvalue weighted by atomic mass is 10.0. The highest BCUT2D eigenvalue weighted by molar-refractivity contribution is 9.10. The van der Waals surface area contributed by atoms with E-state index in [-0.39, 0.29) is 0 Å². The zero-order chi connectivity index (χ0) is 15.4. The number of nitrogens with zero attached hydrogens (tertiary/aromatic N) is 1. The fourth-order valence-electron chi connectivity index (χ4n) is 2.05. The number of halogens is 1. The van der Waals surface area contributed by atoms with Crippen LogP contribution in [0.3, 0.4) is 0 Å². The first-order chi connectivity index (χ1) is 10.1. The van der Waals surface area contributed by atoms with E-state index in [9.17, 15) is 5.11 Å². The van der Waals surface area contributed by atoms with Gasteiger partial charge in [-0.15, -0.1) is 0 Å². The van der Waals surface area contributed by atoms with E-state index in [4.69, 9.17) is 15.2 Å². The Hall–Kier alpha value is -1.79. The highest BCUT2D eigenvalue weighted by Gasteiger charge is 2.17. The summed E-state index contributed by atoms with van der Waals surface area (Å²) in [7, 11) is 3.12. The maximum Gasteiger partial charge on any atom is 0.161 e. The van der Waals surface area contributed by atoms with Crippen LogP contribution in [0.2, 0.25) is 0 Å². The van der Waals surface area contributed by atoms with E-state index >= 15 is 0 Å². The molecule has 112 valence electrons. The lowest BCUT2D eigenvalue weighted by Gasteiger charge is -2.17. The number of aliphatic hydroxyl groups is 1. The second-order valence-electron chi connectivity index (χ2n) is 4.52. The Morgan fingerprint density at radius 1 is 1.29 bits per heavy atom. The number of pyridine rings is 1. The minimum atomic E-state index is -0.731. The van der Waals surface area contributed by atoms with E-state index in [0.717, 1.165) is 10.0 Å². The zero-order valence-corrected chi connectivity index (χ0v) is 13.4. The second-order valence-corrected chi connectivity index (χ2v) is 5.38. The van der Waals surface area contributed by atoms with E-state index in [1.807, 2.05) is 0 Å². The molecule has 2 rings (SSSR count). The Kier molecular flexibility index (Phi) is 5.03. The summed E-state index contributed by atoms with van der Waals surface area (Å²) in [6.45, 7) is 0. The predicted molar refractivity (Wildman–Crippen MR) is 84.6 cm³/mol. The molecule has 2 aromatic rings. The molecule has 0 radical (unpaired) electrons. The number of hydrogen-bond donors (Lipinski definition) is 2. The standard InChI is InChI=1S/C15H17BrN2O3/c1-20-14-6-10(11(16)7-15(14)21-2)13(19)5-9-8-18-4-3-12(9)17/h3-4,6-8,13,19H,5H2,1-2H3,(H2,17,18). The number of hydrogen-bond acceptors (Lipinski definition) is 5. The van der Waals surface area contributed by atoms with Crippen molar-refractivity contribution in [1.82, 2.24) is 4.98 Å². The van der Waals surface area contributed by atoms with E-state index < -0.39 is 6.10 Å². The summed E-state index contributed by atoms with van der Waals surface area (Å²) in [4.78, 5) is 4.03. The molecule has 1 aromatic heterocycles. The monoisotopic (exact) mass is 352 g/mol. The number of methoxy groups -OCH3 is 2. The molecule has 1 aromatic carbocycles. The molecule has 0 saturated carbocycles. The van der Waals surface area contributed by atoms with Gasteiger partial charge in [0.25, 0.3) is 0 Å². The highest BCUT2D eigenvalue weighted by atomic mass is 79.9. The zero-order valence-electron chi connectivity index (χ0n) is 11.8. The first-order valence-electron chi connectivity index (χ1n) is 6.34. The number of aliphatic hydroxyl groups excluding tert-OH is 1. The molecular formula is C15H17BrN2O3. The van der Waals surface area contributed by atoms with Gasteiger partial charge in [0.05, 0.1) is 20.3 Å². The van der Waals surface area contributed by atoms with Crippen molar-refractivity contribution in [1.29, 1.82) is 0 Å². The number of aromatic nitrogens is 1. The number of benzene rings is 1. The summed E-state index contributed by atoms with van der Waals surface area (Å²) in [5.41, 5.74) is 7.99. The Labute approximate surface area is 131 Å². The Morgan fingerprint density at radius 3 is 2.57 bits per heavy atom. The van der Waals surface area contributed by atoms with Gasteiger partial charge in [0.15, 0.2) is 11.5 Å². The smallest absolute Gasteiger partial charge is 0.161 e. The Balaban J connectivity index is 2.31. The van der Waals surface area contributed by atoms with Crippen LogP contribution in [-0.4, -0.2) is 24.3 Å². The molecule has 0 spiro atoms. The molecule has 21 heavy (non-hydrogen) atoms. The number of ether oxygens (including phenoxy) is 2. The van der Waals surface area contributed by atoms with Gasteiger partial charge in [-0.05, 0) is 29.3 Å². The lowest BCUT2D eigenvalue weighted by molar-refractivity contribution is 0.177. The third kappa shape index (κ3) is 3.46. The summed E-state index contributed by atoms with van der Waals surface area (Å²) in [6.07, 6.45) is 2.92. The van der Waals surface area contributed by atoms with Crippen LogP contribution >= 0.6 is 15.9 Å². The quantitative estimate of drug-likeness (QED) is 0.864. The molecule has 0 fully saturated rings. The van der Waals surface area contributed by atoms with E-state index in [1.54, 1.807) is 44.8 Å². The van der Waals surface area contributed by atoms with E-state index in [1.165, 1.54) is 0 Å². The van der Waals surface area contributed by atoms with Gasteiger partial charge < -0.3 is 20.3 Å². The summed E-state index contributed by atoms with van der Waals surface area (Å²) < 4.78 is 11.2. The Bertz CT molecular complexity index is 634. The van der Waals surface area contributed by atoms with Crippen molar-refractivity contribution in [2.24, 2.45) is 0 Å². The van der Waals surface area contributed by atoms with Gasteiger partial charge >= 0.3 is 0 Å². The maximum absolute atomic E-state index is 10.5. The molecule has 0 saturated heterocycles. The fraction of sp³-hybridized carbons (Fsp3) is 0.267. The summed E-state index contributed by atoms with van der Waals surface area (Å²) in [6, 6.07) is 5.23. The minimum Gasteiger partial charge on any atom is -0.493 e. The second kappa shape index (κ2) is 6.78. The van der Waals surface area contributed by atoms with Crippen molar-refractivity contribution in [2.75, 3.05) is 20.0 Å². The van der Waals surface area contributed by atoms with Crippen LogP contribution in [0, 0.1) is 0 Å². The van der Waals surface area contributed by atoms with Crippen LogP contribution < -0.4 is 15.2 Å². The number of nitrogen functional groups attached to an aromatic ring is 1. The molecular weight excluding hydrogens is 336 g/mol. The van der Waals surface area contributed by atoms with Crippen molar-refractivity contribution in [2.45, 2.75) is 12.5 Å². The van der Waals surface area contributed by atoms with Crippen LogP contribution in [0.1, 0.15) is 17.2 Å². The fourth-order valence-corrected chi connectivity index (χ4v) is 2.64. The van der Waals surface area contributed by atoms with Crippen LogP contribution in [0.4, 0.5) is 5.69 Å². The average Bonchev–Trinajstić information content (AvgIpc) is 2.49. The Morgan fingerprint density at radius 2 is 1.95 bits per heavy atom. The molecule has 0 amide bonds. The molecule has 0 aliphatic heterocycles. The summed E-state index contributed by atoms with van der Waals surface area (Å²) in [5.74, 6) is 1.16. The molecule has 0 bridgehead atoms. The molecule has 3 N–H and O–H groups in total. The third-order valence-electron chi connectivity index (χ3n) is 3.22. The van der Waals surface area contributed by atoms with Crippen molar-refractivity contribution >= 4 is 21.6 Å². The molecule has 1 heterocycles. The average molecular weight is 353 g/mol. The van der Waals surface area contributed by atoms with Gasteiger partial charge in [0.2, 0.25) is 0 Å². The number of rotatable bonds is 5. The van der Waals surface area contributed by atoms with Crippen LogP contribution in [0.5, 0.6) is 11.5 Å². The molecule has 1 atom stereocenters.